The van der Waals surface area contributed by atoms with Crippen LogP contribution in [0, 0.1) is 0 Å². The van der Waals surface area contributed by atoms with Gasteiger partial charge in [0.1, 0.15) is 18.4 Å². The smallest absolute Gasteiger partial charge is 0.410 e. The Morgan fingerprint density at radius 1 is 1.33 bits per heavy atom. The average molecular weight is 332 g/mol. The Morgan fingerprint density at radius 3 is 2.83 bits per heavy atom. The van der Waals surface area contributed by atoms with Gasteiger partial charge in [0.15, 0.2) is 0 Å². The van der Waals surface area contributed by atoms with E-state index in [-0.39, 0.29) is 18.9 Å². The van der Waals surface area contributed by atoms with E-state index in [2.05, 4.69) is 5.16 Å². The zero-order chi connectivity index (χ0) is 16.9. The summed E-state index contributed by atoms with van der Waals surface area (Å²) in [5.74, 6) is -1.47. The van der Waals surface area contributed by atoms with Crippen molar-refractivity contribution in [3.05, 3.63) is 53.4 Å². The maximum atomic E-state index is 12.2. The molecule has 8 heteroatoms. The van der Waals surface area contributed by atoms with E-state index in [9.17, 15) is 9.59 Å². The first-order valence-corrected chi connectivity index (χ1v) is 7.40. The molecule has 1 atom stereocenters. The van der Waals surface area contributed by atoms with Crippen LogP contribution in [-0.4, -0.2) is 46.9 Å². The summed E-state index contributed by atoms with van der Waals surface area (Å²) in [6.07, 6.45) is -0.992. The standard InChI is InChI=1S/C16H16N2O6/c19-15(20)13-8-12(17-24-13)14-9-18(6-7-22-14)16(21)23-10-11-4-2-1-3-5-11/h1-5,8,14H,6-7,9-10H2,(H,19,20). The second-order valence-electron chi connectivity index (χ2n) is 5.27. The van der Waals surface area contributed by atoms with Gasteiger partial charge < -0.3 is 24.0 Å². The van der Waals surface area contributed by atoms with Crippen LogP contribution in [0.15, 0.2) is 40.9 Å². The molecule has 1 aromatic heterocycles. The van der Waals surface area contributed by atoms with Gasteiger partial charge in [0.2, 0.25) is 5.76 Å². The molecular formula is C16H16N2O6. The van der Waals surface area contributed by atoms with Crippen LogP contribution >= 0.6 is 0 Å². The minimum atomic E-state index is -1.20. The van der Waals surface area contributed by atoms with Crippen LogP contribution in [0.3, 0.4) is 0 Å². The molecule has 24 heavy (non-hydrogen) atoms. The molecule has 1 aliphatic rings. The Kier molecular flexibility index (Phi) is 4.76. The molecule has 1 unspecified atom stereocenters. The van der Waals surface area contributed by atoms with Crippen LogP contribution in [0.2, 0.25) is 0 Å². The molecule has 2 aromatic rings. The number of ether oxygens (including phenoxy) is 2. The average Bonchev–Trinajstić information content (AvgIpc) is 3.11. The summed E-state index contributed by atoms with van der Waals surface area (Å²) < 4.78 is 15.5. The molecule has 0 saturated carbocycles. The number of amides is 1. The second kappa shape index (κ2) is 7.14. The fourth-order valence-electron chi connectivity index (χ4n) is 2.35. The fraction of sp³-hybridized carbons (Fsp3) is 0.312. The van der Waals surface area contributed by atoms with E-state index in [1.165, 1.54) is 11.0 Å². The molecule has 1 saturated heterocycles. The lowest BCUT2D eigenvalue weighted by Gasteiger charge is -2.31. The Morgan fingerprint density at radius 2 is 2.12 bits per heavy atom. The van der Waals surface area contributed by atoms with Crippen LogP contribution in [0.25, 0.3) is 0 Å². The summed E-state index contributed by atoms with van der Waals surface area (Å²) >= 11 is 0. The van der Waals surface area contributed by atoms with Crippen molar-refractivity contribution in [3.8, 4) is 0 Å². The number of benzene rings is 1. The van der Waals surface area contributed by atoms with E-state index >= 15 is 0 Å². The lowest BCUT2D eigenvalue weighted by molar-refractivity contribution is -0.0325. The Bertz CT molecular complexity index is 714. The number of nitrogens with zero attached hydrogens (tertiary/aromatic N) is 2. The third-order valence-electron chi connectivity index (χ3n) is 3.60. The Balaban J connectivity index is 1.58. The van der Waals surface area contributed by atoms with Crippen molar-refractivity contribution in [1.82, 2.24) is 10.1 Å². The molecule has 0 bridgehead atoms. The maximum absolute atomic E-state index is 12.2. The van der Waals surface area contributed by atoms with Crippen molar-refractivity contribution in [2.24, 2.45) is 0 Å². The van der Waals surface area contributed by atoms with Crippen LogP contribution < -0.4 is 0 Å². The van der Waals surface area contributed by atoms with Crippen molar-refractivity contribution in [2.45, 2.75) is 12.7 Å². The largest absolute Gasteiger partial charge is 0.475 e. The van der Waals surface area contributed by atoms with Gasteiger partial charge in [0, 0.05) is 12.6 Å². The van der Waals surface area contributed by atoms with Gasteiger partial charge in [-0.05, 0) is 5.56 Å². The predicted octanol–water partition coefficient (Wildman–Crippen LogP) is 2.08. The second-order valence-corrected chi connectivity index (χ2v) is 5.27. The molecule has 1 fully saturated rings. The Labute approximate surface area is 137 Å². The molecule has 3 rings (SSSR count). The first kappa shape index (κ1) is 16.0. The third kappa shape index (κ3) is 3.72. The normalized spacial score (nSPS) is 17.5. The van der Waals surface area contributed by atoms with Gasteiger partial charge in [0.05, 0.1) is 13.2 Å². The van der Waals surface area contributed by atoms with Crippen LogP contribution in [0.4, 0.5) is 4.79 Å². The highest BCUT2D eigenvalue weighted by Gasteiger charge is 2.29. The van der Waals surface area contributed by atoms with E-state index in [1.54, 1.807) is 0 Å². The highest BCUT2D eigenvalue weighted by atomic mass is 16.6. The SMILES string of the molecule is O=C(O)c1cc(C2CN(C(=O)OCc3ccccc3)CCO2)no1. The zero-order valence-corrected chi connectivity index (χ0v) is 12.8. The molecule has 126 valence electrons. The maximum Gasteiger partial charge on any atom is 0.410 e. The van der Waals surface area contributed by atoms with Gasteiger partial charge in [-0.3, -0.25) is 0 Å². The third-order valence-corrected chi connectivity index (χ3v) is 3.60. The van der Waals surface area contributed by atoms with Gasteiger partial charge in [0.25, 0.3) is 0 Å². The fourth-order valence-corrected chi connectivity index (χ4v) is 2.35. The summed E-state index contributed by atoms with van der Waals surface area (Å²) in [4.78, 5) is 24.5. The molecule has 0 spiro atoms. The van der Waals surface area contributed by atoms with Crippen molar-refractivity contribution >= 4 is 12.1 Å². The number of carbonyl (C=O) groups excluding carboxylic acids is 1. The summed E-state index contributed by atoms with van der Waals surface area (Å²) in [6, 6.07) is 10.7. The number of aromatic nitrogens is 1. The van der Waals surface area contributed by atoms with E-state index in [0.29, 0.717) is 18.8 Å². The highest BCUT2D eigenvalue weighted by Crippen LogP contribution is 2.22. The van der Waals surface area contributed by atoms with Gasteiger partial charge >= 0.3 is 12.1 Å². The van der Waals surface area contributed by atoms with Gasteiger partial charge in [-0.2, -0.15) is 0 Å². The lowest BCUT2D eigenvalue weighted by atomic mass is 10.2. The molecule has 0 aliphatic carbocycles. The minimum absolute atomic E-state index is 0.189. The molecule has 2 heterocycles. The van der Waals surface area contributed by atoms with Gasteiger partial charge in [-0.25, -0.2) is 9.59 Å². The lowest BCUT2D eigenvalue weighted by Crippen LogP contribution is -2.42. The van der Waals surface area contributed by atoms with E-state index in [1.807, 2.05) is 30.3 Å². The molecule has 1 amide bonds. The van der Waals surface area contributed by atoms with E-state index in [4.69, 9.17) is 19.1 Å². The number of carboxylic acid groups (broad SMARTS) is 1. The first-order valence-electron chi connectivity index (χ1n) is 7.40. The quantitative estimate of drug-likeness (QED) is 0.914. The molecule has 8 nitrogen and oxygen atoms in total. The number of hydrogen-bond donors (Lipinski definition) is 1. The minimum Gasteiger partial charge on any atom is -0.475 e. The Hall–Kier alpha value is -2.87. The molecule has 1 aliphatic heterocycles. The topological polar surface area (TPSA) is 102 Å². The molecular weight excluding hydrogens is 316 g/mol. The first-order chi connectivity index (χ1) is 11.6. The summed E-state index contributed by atoms with van der Waals surface area (Å²) in [7, 11) is 0. The van der Waals surface area contributed by atoms with Gasteiger partial charge in [-0.1, -0.05) is 35.5 Å². The molecule has 1 aromatic carbocycles. The summed E-state index contributed by atoms with van der Waals surface area (Å²) in [6.45, 7) is 1.11. The summed E-state index contributed by atoms with van der Waals surface area (Å²) in [5, 5.41) is 12.5. The number of hydrogen-bond acceptors (Lipinski definition) is 6. The monoisotopic (exact) mass is 332 g/mol. The molecule has 0 radical (unpaired) electrons. The number of rotatable bonds is 4. The van der Waals surface area contributed by atoms with E-state index in [0.717, 1.165) is 5.56 Å². The van der Waals surface area contributed by atoms with Crippen molar-refractivity contribution in [2.75, 3.05) is 19.7 Å². The van der Waals surface area contributed by atoms with Crippen molar-refractivity contribution in [1.29, 1.82) is 0 Å². The van der Waals surface area contributed by atoms with Crippen molar-refractivity contribution < 1.29 is 28.7 Å². The van der Waals surface area contributed by atoms with E-state index < -0.39 is 18.2 Å². The number of carboxylic acids is 1. The molecule has 1 N–H and O–H groups in total. The van der Waals surface area contributed by atoms with Crippen molar-refractivity contribution in [3.63, 3.8) is 0 Å². The predicted molar refractivity (Wildman–Crippen MR) is 80.4 cm³/mol. The number of morpholine rings is 1. The van der Waals surface area contributed by atoms with Crippen LogP contribution in [0.5, 0.6) is 0 Å². The van der Waals surface area contributed by atoms with Crippen LogP contribution in [0.1, 0.15) is 27.9 Å². The van der Waals surface area contributed by atoms with Gasteiger partial charge in [-0.15, -0.1) is 0 Å². The number of aromatic carboxylic acids is 1. The number of carbonyl (C=O) groups is 2. The van der Waals surface area contributed by atoms with Crippen LogP contribution in [-0.2, 0) is 16.1 Å². The highest BCUT2D eigenvalue weighted by molar-refractivity contribution is 5.84. The zero-order valence-electron chi connectivity index (χ0n) is 12.8. The summed E-state index contributed by atoms with van der Waals surface area (Å²) in [5.41, 5.74) is 1.24.